The quantitative estimate of drug-likeness (QED) is 0.910. The van der Waals surface area contributed by atoms with Crippen molar-refractivity contribution in [1.29, 1.82) is 0 Å². The van der Waals surface area contributed by atoms with Crippen molar-refractivity contribution in [3.05, 3.63) is 36.3 Å². The van der Waals surface area contributed by atoms with E-state index in [0.717, 1.165) is 18.7 Å². The van der Waals surface area contributed by atoms with Gasteiger partial charge in [0.1, 0.15) is 0 Å². The maximum absolute atomic E-state index is 5.65. The van der Waals surface area contributed by atoms with Crippen LogP contribution in [0.1, 0.15) is 33.3 Å². The van der Waals surface area contributed by atoms with E-state index in [4.69, 9.17) is 4.74 Å². The van der Waals surface area contributed by atoms with E-state index in [2.05, 4.69) is 36.2 Å². The van der Waals surface area contributed by atoms with Crippen molar-refractivity contribution in [2.45, 2.75) is 46.3 Å². The van der Waals surface area contributed by atoms with Crippen molar-refractivity contribution < 1.29 is 4.74 Å². The number of ether oxygens (including phenoxy) is 1. The predicted octanol–water partition coefficient (Wildman–Crippen LogP) is 2.98. The van der Waals surface area contributed by atoms with Crippen molar-refractivity contribution in [3.63, 3.8) is 0 Å². The summed E-state index contributed by atoms with van der Waals surface area (Å²) in [4.78, 5) is 4.31. The second-order valence-corrected chi connectivity index (χ2v) is 5.74. The lowest BCUT2D eigenvalue weighted by atomic mass is 10.1. The monoisotopic (exact) mass is 274 g/mol. The van der Waals surface area contributed by atoms with Crippen LogP contribution in [0.2, 0.25) is 0 Å². The summed E-state index contributed by atoms with van der Waals surface area (Å²) in [6.07, 6.45) is 5.38. The summed E-state index contributed by atoms with van der Waals surface area (Å²) in [5.41, 5.74) is 1.24. The number of nitrogens with one attached hydrogen (secondary N) is 1. The van der Waals surface area contributed by atoms with E-state index in [1.165, 1.54) is 0 Å². The number of hydrogen-bond acceptors (Lipinski definition) is 4. The van der Waals surface area contributed by atoms with Crippen molar-refractivity contribution in [1.82, 2.24) is 20.1 Å². The zero-order chi connectivity index (χ0) is 14.6. The summed E-state index contributed by atoms with van der Waals surface area (Å²) in [6.45, 7) is 10.1. The van der Waals surface area contributed by atoms with Gasteiger partial charge in [-0.15, -0.1) is 0 Å². The molecule has 0 fully saturated rings. The average Bonchev–Trinajstić information content (AvgIpc) is 2.85. The maximum atomic E-state index is 5.65. The fourth-order valence-electron chi connectivity index (χ4n) is 1.63. The molecule has 0 aliphatic heterocycles. The number of aryl methyl sites for hydroxylation is 1. The molecule has 108 valence electrons. The number of nitrogens with zero attached hydrogens (tertiary/aromatic N) is 3. The van der Waals surface area contributed by atoms with E-state index < -0.39 is 0 Å². The van der Waals surface area contributed by atoms with Gasteiger partial charge in [0.05, 0.1) is 12.4 Å². The molecule has 5 nitrogen and oxygen atoms in total. The van der Waals surface area contributed by atoms with Gasteiger partial charge in [0.2, 0.25) is 5.88 Å². The highest BCUT2D eigenvalue weighted by Gasteiger charge is 2.08. The van der Waals surface area contributed by atoms with Gasteiger partial charge in [0.25, 0.3) is 0 Å². The molecule has 0 amide bonds. The third-order valence-corrected chi connectivity index (χ3v) is 2.78. The number of hydrogen-bond donors (Lipinski definition) is 1. The molecule has 5 heteroatoms. The third kappa shape index (κ3) is 4.35. The Morgan fingerprint density at radius 2 is 2.05 bits per heavy atom. The van der Waals surface area contributed by atoms with Gasteiger partial charge in [-0.3, -0.25) is 4.68 Å². The molecule has 2 heterocycles. The Morgan fingerprint density at radius 3 is 2.60 bits per heavy atom. The first-order chi connectivity index (χ1) is 9.46. The smallest absolute Gasteiger partial charge is 0.219 e. The number of aromatic nitrogens is 3. The van der Waals surface area contributed by atoms with Crippen LogP contribution in [0.15, 0.2) is 30.7 Å². The summed E-state index contributed by atoms with van der Waals surface area (Å²) < 4.78 is 7.46. The Morgan fingerprint density at radius 1 is 1.25 bits per heavy atom. The summed E-state index contributed by atoms with van der Waals surface area (Å²) in [5, 5.41) is 7.58. The summed E-state index contributed by atoms with van der Waals surface area (Å²) in [5.74, 6) is 1.29. The van der Waals surface area contributed by atoms with Gasteiger partial charge < -0.3 is 10.1 Å². The van der Waals surface area contributed by atoms with Crippen LogP contribution in [0, 0.1) is 0 Å². The highest BCUT2D eigenvalue weighted by atomic mass is 16.5. The fourth-order valence-corrected chi connectivity index (χ4v) is 1.63. The largest absolute Gasteiger partial charge is 0.436 e. The fraction of sp³-hybridized carbons (Fsp3) is 0.467. The zero-order valence-electron chi connectivity index (χ0n) is 12.6. The average molecular weight is 274 g/mol. The third-order valence-electron chi connectivity index (χ3n) is 2.78. The minimum absolute atomic E-state index is 0.101. The first-order valence-corrected chi connectivity index (χ1v) is 6.86. The molecular weight excluding hydrogens is 252 g/mol. The SMILES string of the molecule is CCn1cc(Oc2ccc(CNC(C)(C)C)cn2)cn1. The lowest BCUT2D eigenvalue weighted by Crippen LogP contribution is -2.35. The van der Waals surface area contributed by atoms with Gasteiger partial charge >= 0.3 is 0 Å². The molecule has 20 heavy (non-hydrogen) atoms. The Hall–Kier alpha value is -1.88. The number of rotatable bonds is 5. The van der Waals surface area contributed by atoms with Gasteiger partial charge in [-0.25, -0.2) is 4.98 Å². The molecular formula is C15H22N4O. The van der Waals surface area contributed by atoms with E-state index in [-0.39, 0.29) is 5.54 Å². The van der Waals surface area contributed by atoms with Crippen LogP contribution in [0.4, 0.5) is 0 Å². The Balaban J connectivity index is 1.94. The molecule has 0 aliphatic rings. The van der Waals surface area contributed by atoms with Crippen molar-refractivity contribution in [2.75, 3.05) is 0 Å². The van der Waals surface area contributed by atoms with Crippen LogP contribution in [-0.4, -0.2) is 20.3 Å². The second-order valence-electron chi connectivity index (χ2n) is 5.74. The Labute approximate surface area is 120 Å². The normalized spacial score (nSPS) is 11.6. The van der Waals surface area contributed by atoms with Gasteiger partial charge in [-0.2, -0.15) is 5.10 Å². The van der Waals surface area contributed by atoms with Gasteiger partial charge in [-0.05, 0) is 33.3 Å². The standard InChI is InChI=1S/C15H22N4O/c1-5-19-11-13(10-18-19)20-14-7-6-12(8-16-14)9-17-15(2,3)4/h6-8,10-11,17H,5,9H2,1-4H3. The molecule has 0 radical (unpaired) electrons. The number of pyridine rings is 1. The van der Waals surface area contributed by atoms with Crippen LogP contribution in [-0.2, 0) is 13.1 Å². The minimum atomic E-state index is 0.101. The molecule has 0 atom stereocenters. The molecule has 0 saturated heterocycles. The van der Waals surface area contributed by atoms with Crippen molar-refractivity contribution in [2.24, 2.45) is 0 Å². The summed E-state index contributed by atoms with van der Waals surface area (Å²) in [6, 6.07) is 3.90. The molecule has 0 bridgehead atoms. The molecule has 2 aromatic rings. The van der Waals surface area contributed by atoms with E-state index in [9.17, 15) is 0 Å². The van der Waals surface area contributed by atoms with Crippen molar-refractivity contribution >= 4 is 0 Å². The topological polar surface area (TPSA) is 52.0 Å². The Kier molecular flexibility index (Phi) is 4.39. The molecule has 0 aromatic carbocycles. The zero-order valence-corrected chi connectivity index (χ0v) is 12.6. The maximum Gasteiger partial charge on any atom is 0.219 e. The van der Waals surface area contributed by atoms with E-state index >= 15 is 0 Å². The van der Waals surface area contributed by atoms with Crippen LogP contribution in [0.5, 0.6) is 11.6 Å². The molecule has 1 N–H and O–H groups in total. The first-order valence-electron chi connectivity index (χ1n) is 6.86. The minimum Gasteiger partial charge on any atom is -0.436 e. The summed E-state index contributed by atoms with van der Waals surface area (Å²) in [7, 11) is 0. The molecule has 0 unspecified atom stereocenters. The lowest BCUT2D eigenvalue weighted by Gasteiger charge is -2.20. The van der Waals surface area contributed by atoms with E-state index in [1.807, 2.05) is 36.1 Å². The van der Waals surface area contributed by atoms with Crippen LogP contribution in [0.3, 0.4) is 0 Å². The molecule has 2 rings (SSSR count). The molecule has 2 aromatic heterocycles. The molecule has 0 aliphatic carbocycles. The van der Waals surface area contributed by atoms with Crippen LogP contribution < -0.4 is 10.1 Å². The van der Waals surface area contributed by atoms with Crippen molar-refractivity contribution in [3.8, 4) is 11.6 Å². The Bertz CT molecular complexity index is 540. The van der Waals surface area contributed by atoms with Crippen LogP contribution >= 0.6 is 0 Å². The van der Waals surface area contributed by atoms with Gasteiger partial charge in [-0.1, -0.05) is 6.07 Å². The molecule has 0 spiro atoms. The second kappa shape index (κ2) is 6.05. The van der Waals surface area contributed by atoms with Gasteiger partial charge in [0, 0.05) is 30.9 Å². The van der Waals surface area contributed by atoms with Crippen LogP contribution in [0.25, 0.3) is 0 Å². The lowest BCUT2D eigenvalue weighted by molar-refractivity contribution is 0.423. The van der Waals surface area contributed by atoms with Gasteiger partial charge in [0.15, 0.2) is 5.75 Å². The predicted molar refractivity (Wildman–Crippen MR) is 78.8 cm³/mol. The first kappa shape index (κ1) is 14.5. The van der Waals surface area contributed by atoms with E-state index in [1.54, 1.807) is 6.20 Å². The van der Waals surface area contributed by atoms with E-state index in [0.29, 0.717) is 11.6 Å². The summed E-state index contributed by atoms with van der Waals surface area (Å²) >= 11 is 0. The highest BCUT2D eigenvalue weighted by Crippen LogP contribution is 2.18. The highest BCUT2D eigenvalue weighted by molar-refractivity contribution is 5.24. The molecule has 0 saturated carbocycles.